The standard InChI is InChI=1S/C13H13F2NO3/c14-9-3-4-11(15)10(6-9)12(17)16-5-1-2-8(7-16)13(18)19/h3-4,6,8H,1-2,5,7H2,(H,18,19)/t8-/m0/s1. The lowest BCUT2D eigenvalue weighted by Crippen LogP contribution is -2.42. The van der Waals surface area contributed by atoms with Gasteiger partial charge in [0.15, 0.2) is 0 Å². The van der Waals surface area contributed by atoms with Gasteiger partial charge in [-0.2, -0.15) is 0 Å². The minimum absolute atomic E-state index is 0.0319. The molecular weight excluding hydrogens is 256 g/mol. The number of rotatable bonds is 2. The zero-order chi connectivity index (χ0) is 14.0. The Balaban J connectivity index is 2.19. The van der Waals surface area contributed by atoms with Gasteiger partial charge in [0.1, 0.15) is 11.6 Å². The third-order valence-corrected chi connectivity index (χ3v) is 3.22. The Hall–Kier alpha value is -1.98. The number of benzene rings is 1. The number of likely N-dealkylation sites (tertiary alicyclic amines) is 1. The van der Waals surface area contributed by atoms with Crippen LogP contribution in [0.3, 0.4) is 0 Å². The number of amides is 1. The highest BCUT2D eigenvalue weighted by Gasteiger charge is 2.29. The highest BCUT2D eigenvalue weighted by molar-refractivity contribution is 5.94. The van der Waals surface area contributed by atoms with E-state index < -0.39 is 29.4 Å². The summed E-state index contributed by atoms with van der Waals surface area (Å²) < 4.78 is 26.5. The molecule has 4 nitrogen and oxygen atoms in total. The first kappa shape index (κ1) is 13.5. The zero-order valence-corrected chi connectivity index (χ0v) is 10.1. The fourth-order valence-corrected chi connectivity index (χ4v) is 2.19. The van der Waals surface area contributed by atoms with Crippen LogP contribution in [-0.4, -0.2) is 35.0 Å². The van der Waals surface area contributed by atoms with Gasteiger partial charge in [0.05, 0.1) is 11.5 Å². The Kier molecular flexibility index (Phi) is 3.78. The van der Waals surface area contributed by atoms with Crippen LogP contribution in [0.4, 0.5) is 8.78 Å². The Bertz CT molecular complexity index is 519. The van der Waals surface area contributed by atoms with Crippen molar-refractivity contribution >= 4 is 11.9 Å². The maximum atomic E-state index is 13.5. The number of carboxylic acids is 1. The van der Waals surface area contributed by atoms with Crippen LogP contribution in [0.1, 0.15) is 23.2 Å². The molecule has 1 atom stereocenters. The highest BCUT2D eigenvalue weighted by Crippen LogP contribution is 2.20. The number of halogens is 2. The van der Waals surface area contributed by atoms with Crippen molar-refractivity contribution in [3.8, 4) is 0 Å². The van der Waals surface area contributed by atoms with Gasteiger partial charge in [-0.15, -0.1) is 0 Å². The third kappa shape index (κ3) is 2.89. The van der Waals surface area contributed by atoms with Crippen LogP contribution in [0.2, 0.25) is 0 Å². The van der Waals surface area contributed by atoms with Crippen LogP contribution in [0.5, 0.6) is 0 Å². The summed E-state index contributed by atoms with van der Waals surface area (Å²) >= 11 is 0. The number of nitrogens with zero attached hydrogens (tertiary/aromatic N) is 1. The van der Waals surface area contributed by atoms with Gasteiger partial charge in [-0.05, 0) is 31.0 Å². The SMILES string of the molecule is O=C(O)[C@H]1CCCN(C(=O)c2cc(F)ccc2F)C1. The largest absolute Gasteiger partial charge is 0.481 e. The molecule has 1 fully saturated rings. The van der Waals surface area contributed by atoms with Crippen LogP contribution in [0, 0.1) is 17.6 Å². The summed E-state index contributed by atoms with van der Waals surface area (Å²) in [6.45, 7) is 0.392. The maximum absolute atomic E-state index is 13.5. The molecule has 1 saturated heterocycles. The minimum Gasteiger partial charge on any atom is -0.481 e. The fraction of sp³-hybridized carbons (Fsp3) is 0.385. The molecule has 1 heterocycles. The van der Waals surface area contributed by atoms with Crippen molar-refractivity contribution in [2.45, 2.75) is 12.8 Å². The number of carbonyl (C=O) groups excluding carboxylic acids is 1. The summed E-state index contributed by atoms with van der Waals surface area (Å²) in [7, 11) is 0. The second-order valence-corrected chi connectivity index (χ2v) is 4.55. The fourth-order valence-electron chi connectivity index (χ4n) is 2.19. The Labute approximate surface area is 108 Å². The highest BCUT2D eigenvalue weighted by atomic mass is 19.1. The van der Waals surface area contributed by atoms with Crippen molar-refractivity contribution in [2.75, 3.05) is 13.1 Å². The number of hydrogen-bond acceptors (Lipinski definition) is 2. The van der Waals surface area contributed by atoms with Crippen molar-refractivity contribution in [2.24, 2.45) is 5.92 Å². The Morgan fingerprint density at radius 2 is 2.05 bits per heavy atom. The molecule has 0 bridgehead atoms. The molecule has 0 saturated carbocycles. The molecule has 1 amide bonds. The van der Waals surface area contributed by atoms with Gasteiger partial charge in [-0.3, -0.25) is 9.59 Å². The summed E-state index contributed by atoms with van der Waals surface area (Å²) in [6.07, 6.45) is 1.03. The van der Waals surface area contributed by atoms with E-state index in [4.69, 9.17) is 5.11 Å². The molecule has 1 aromatic carbocycles. The van der Waals surface area contributed by atoms with E-state index in [0.717, 1.165) is 18.2 Å². The molecule has 2 rings (SSSR count). The van der Waals surface area contributed by atoms with E-state index in [2.05, 4.69) is 0 Å². The summed E-state index contributed by atoms with van der Waals surface area (Å²) in [6, 6.07) is 2.66. The van der Waals surface area contributed by atoms with E-state index in [0.29, 0.717) is 19.4 Å². The van der Waals surface area contributed by atoms with Crippen LogP contribution in [0.15, 0.2) is 18.2 Å². The first-order valence-corrected chi connectivity index (χ1v) is 5.96. The van der Waals surface area contributed by atoms with Crippen molar-refractivity contribution in [1.82, 2.24) is 4.90 Å². The molecule has 1 N–H and O–H groups in total. The van der Waals surface area contributed by atoms with E-state index >= 15 is 0 Å². The second-order valence-electron chi connectivity index (χ2n) is 4.55. The van der Waals surface area contributed by atoms with Gasteiger partial charge in [0.25, 0.3) is 5.91 Å². The van der Waals surface area contributed by atoms with Crippen LogP contribution in [0.25, 0.3) is 0 Å². The van der Waals surface area contributed by atoms with Crippen molar-refractivity contribution in [1.29, 1.82) is 0 Å². The average Bonchev–Trinajstić information content (AvgIpc) is 2.41. The number of piperidine rings is 1. The first-order valence-electron chi connectivity index (χ1n) is 5.96. The quantitative estimate of drug-likeness (QED) is 0.892. The molecule has 19 heavy (non-hydrogen) atoms. The van der Waals surface area contributed by atoms with Gasteiger partial charge in [0.2, 0.25) is 0 Å². The van der Waals surface area contributed by atoms with Gasteiger partial charge in [-0.1, -0.05) is 0 Å². The van der Waals surface area contributed by atoms with Gasteiger partial charge in [-0.25, -0.2) is 8.78 Å². The molecule has 1 aliphatic rings. The smallest absolute Gasteiger partial charge is 0.308 e. The van der Waals surface area contributed by atoms with Crippen molar-refractivity contribution in [3.63, 3.8) is 0 Å². The van der Waals surface area contributed by atoms with Gasteiger partial charge >= 0.3 is 5.97 Å². The minimum atomic E-state index is -0.975. The zero-order valence-electron chi connectivity index (χ0n) is 10.1. The molecule has 102 valence electrons. The summed E-state index contributed by atoms with van der Waals surface area (Å²) in [5.74, 6) is -3.78. The average molecular weight is 269 g/mol. The molecule has 6 heteroatoms. The lowest BCUT2D eigenvalue weighted by atomic mass is 9.97. The van der Waals surface area contributed by atoms with Crippen molar-refractivity contribution < 1.29 is 23.5 Å². The maximum Gasteiger partial charge on any atom is 0.308 e. The Morgan fingerprint density at radius 1 is 1.32 bits per heavy atom. The molecule has 0 aliphatic carbocycles. The summed E-state index contributed by atoms with van der Waals surface area (Å²) in [4.78, 5) is 24.2. The third-order valence-electron chi connectivity index (χ3n) is 3.22. The predicted molar refractivity (Wildman–Crippen MR) is 62.6 cm³/mol. The molecule has 1 aliphatic heterocycles. The second kappa shape index (κ2) is 5.34. The normalized spacial score (nSPS) is 19.3. The van der Waals surface area contributed by atoms with Crippen molar-refractivity contribution in [3.05, 3.63) is 35.4 Å². The van der Waals surface area contributed by atoms with E-state index in [1.807, 2.05) is 0 Å². The predicted octanol–water partition coefficient (Wildman–Crippen LogP) is 1.90. The van der Waals surface area contributed by atoms with E-state index in [1.54, 1.807) is 0 Å². The number of aliphatic carboxylic acids is 1. The van der Waals surface area contributed by atoms with Crippen LogP contribution < -0.4 is 0 Å². The number of carbonyl (C=O) groups is 2. The molecule has 0 unspecified atom stereocenters. The van der Waals surface area contributed by atoms with E-state index in [-0.39, 0.29) is 12.1 Å². The van der Waals surface area contributed by atoms with Gasteiger partial charge < -0.3 is 10.0 Å². The first-order chi connectivity index (χ1) is 8.99. The lowest BCUT2D eigenvalue weighted by Gasteiger charge is -2.30. The number of hydrogen-bond donors (Lipinski definition) is 1. The summed E-state index contributed by atoms with van der Waals surface area (Å²) in [5, 5.41) is 8.94. The molecule has 0 spiro atoms. The Morgan fingerprint density at radius 3 is 2.74 bits per heavy atom. The van der Waals surface area contributed by atoms with Crippen LogP contribution in [-0.2, 0) is 4.79 Å². The van der Waals surface area contributed by atoms with Crippen LogP contribution >= 0.6 is 0 Å². The van der Waals surface area contributed by atoms with E-state index in [1.165, 1.54) is 4.90 Å². The number of carboxylic acid groups (broad SMARTS) is 1. The summed E-state index contributed by atoms with van der Waals surface area (Å²) in [5.41, 5.74) is -0.356. The molecule has 0 aromatic heterocycles. The molecular formula is C13H13F2NO3. The van der Waals surface area contributed by atoms with E-state index in [9.17, 15) is 18.4 Å². The topological polar surface area (TPSA) is 57.6 Å². The lowest BCUT2D eigenvalue weighted by molar-refractivity contribution is -0.143. The monoisotopic (exact) mass is 269 g/mol. The van der Waals surface area contributed by atoms with Gasteiger partial charge in [0, 0.05) is 13.1 Å². The molecule has 1 aromatic rings. The molecule has 0 radical (unpaired) electrons.